The van der Waals surface area contributed by atoms with Gasteiger partial charge in [0.25, 0.3) is 0 Å². The summed E-state index contributed by atoms with van der Waals surface area (Å²) in [5.41, 5.74) is 1.53. The van der Waals surface area contributed by atoms with E-state index in [0.29, 0.717) is 17.9 Å². The third-order valence-electron chi connectivity index (χ3n) is 6.02. The molecule has 23 heavy (non-hydrogen) atoms. The van der Waals surface area contributed by atoms with Crippen molar-refractivity contribution in [1.29, 1.82) is 0 Å². The molecular formula is C20H28F2O. The van der Waals surface area contributed by atoms with Crippen LogP contribution in [0, 0.1) is 29.4 Å². The molecule has 1 unspecified atom stereocenters. The van der Waals surface area contributed by atoms with Crippen LogP contribution in [0.4, 0.5) is 8.78 Å². The maximum atomic E-state index is 14.3. The van der Waals surface area contributed by atoms with Gasteiger partial charge in [-0.3, -0.25) is 0 Å². The highest BCUT2D eigenvalue weighted by Crippen LogP contribution is 2.37. The van der Waals surface area contributed by atoms with Gasteiger partial charge in [0.2, 0.25) is 5.82 Å². The minimum atomic E-state index is -0.826. The Morgan fingerprint density at radius 1 is 1.00 bits per heavy atom. The van der Waals surface area contributed by atoms with Gasteiger partial charge >= 0.3 is 0 Å². The maximum Gasteiger partial charge on any atom is 0.200 e. The largest absolute Gasteiger partial charge is 0.494 e. The van der Waals surface area contributed by atoms with Crippen molar-refractivity contribution in [2.75, 3.05) is 7.11 Å². The average molecular weight is 322 g/mol. The van der Waals surface area contributed by atoms with Crippen LogP contribution in [0.25, 0.3) is 0 Å². The highest BCUT2D eigenvalue weighted by Gasteiger charge is 2.27. The summed E-state index contributed by atoms with van der Waals surface area (Å²) < 4.78 is 33.2. The lowest BCUT2D eigenvalue weighted by molar-refractivity contribution is 0.254. The van der Waals surface area contributed by atoms with Crippen molar-refractivity contribution >= 4 is 0 Å². The van der Waals surface area contributed by atoms with Gasteiger partial charge in [0, 0.05) is 0 Å². The molecule has 2 aliphatic carbocycles. The lowest BCUT2D eigenvalue weighted by atomic mass is 9.76. The molecule has 3 rings (SSSR count). The van der Waals surface area contributed by atoms with E-state index >= 15 is 0 Å². The van der Waals surface area contributed by atoms with Crippen molar-refractivity contribution in [1.82, 2.24) is 0 Å². The van der Waals surface area contributed by atoms with E-state index in [0.717, 1.165) is 36.7 Å². The van der Waals surface area contributed by atoms with Crippen LogP contribution in [0.15, 0.2) is 6.07 Å². The summed E-state index contributed by atoms with van der Waals surface area (Å²) in [5, 5.41) is 0. The Hall–Kier alpha value is -1.12. The Bertz CT molecular complexity index is 547. The number of rotatable bonds is 4. The zero-order chi connectivity index (χ0) is 16.4. The molecule has 1 aromatic rings. The van der Waals surface area contributed by atoms with Crippen molar-refractivity contribution in [2.24, 2.45) is 17.8 Å². The highest BCUT2D eigenvalue weighted by atomic mass is 19.2. The monoisotopic (exact) mass is 322 g/mol. The number of aryl methyl sites for hydroxylation is 1. The van der Waals surface area contributed by atoms with E-state index in [9.17, 15) is 8.78 Å². The number of benzene rings is 1. The maximum absolute atomic E-state index is 14.3. The van der Waals surface area contributed by atoms with E-state index in [1.54, 1.807) is 6.07 Å². The third-order valence-corrected chi connectivity index (χ3v) is 6.02. The zero-order valence-corrected chi connectivity index (χ0v) is 14.3. The molecule has 1 atom stereocenters. The van der Waals surface area contributed by atoms with Gasteiger partial charge in [-0.25, -0.2) is 4.39 Å². The van der Waals surface area contributed by atoms with E-state index in [1.807, 2.05) is 0 Å². The fraction of sp³-hybridized carbons (Fsp3) is 0.700. The fourth-order valence-electron chi connectivity index (χ4n) is 4.37. The van der Waals surface area contributed by atoms with Crippen LogP contribution in [0.1, 0.15) is 63.0 Å². The molecule has 0 bridgehead atoms. The van der Waals surface area contributed by atoms with Gasteiger partial charge in [-0.1, -0.05) is 39.0 Å². The Kier molecular flexibility index (Phi) is 5.23. The smallest absolute Gasteiger partial charge is 0.200 e. The Morgan fingerprint density at radius 2 is 1.70 bits per heavy atom. The summed E-state index contributed by atoms with van der Waals surface area (Å²) >= 11 is 0. The highest BCUT2D eigenvalue weighted by molar-refractivity contribution is 5.40. The predicted molar refractivity (Wildman–Crippen MR) is 88.8 cm³/mol. The number of methoxy groups -OCH3 is 1. The minimum absolute atomic E-state index is 0.0380. The van der Waals surface area contributed by atoms with E-state index in [4.69, 9.17) is 4.74 Å². The molecule has 0 radical (unpaired) electrons. The molecule has 0 heterocycles. The Morgan fingerprint density at radius 3 is 2.39 bits per heavy atom. The minimum Gasteiger partial charge on any atom is -0.494 e. The SMILES string of the molecule is COc1cc2c(c(F)c1F)CC(CCC1CCC(C)CC1)CC2. The summed E-state index contributed by atoms with van der Waals surface area (Å²) in [6.45, 7) is 2.35. The first kappa shape index (κ1) is 16.7. The Balaban J connectivity index is 1.60. The van der Waals surface area contributed by atoms with E-state index in [2.05, 4.69) is 6.92 Å². The molecule has 1 aromatic carbocycles. The summed E-state index contributed by atoms with van der Waals surface area (Å²) in [4.78, 5) is 0. The lowest BCUT2D eigenvalue weighted by Crippen LogP contribution is -2.19. The van der Waals surface area contributed by atoms with Gasteiger partial charge < -0.3 is 4.74 Å². The first-order valence-corrected chi connectivity index (χ1v) is 9.12. The van der Waals surface area contributed by atoms with Crippen LogP contribution >= 0.6 is 0 Å². The molecule has 0 aromatic heterocycles. The molecule has 1 fully saturated rings. The average Bonchev–Trinajstić information content (AvgIpc) is 2.57. The van der Waals surface area contributed by atoms with Crippen molar-refractivity contribution in [3.05, 3.63) is 28.8 Å². The molecular weight excluding hydrogens is 294 g/mol. The summed E-state index contributed by atoms with van der Waals surface area (Å²) in [7, 11) is 1.39. The van der Waals surface area contributed by atoms with Gasteiger partial charge in [0.15, 0.2) is 11.6 Å². The van der Waals surface area contributed by atoms with Crippen LogP contribution in [-0.2, 0) is 12.8 Å². The summed E-state index contributed by atoms with van der Waals surface area (Å²) in [5.74, 6) is 0.772. The number of fused-ring (bicyclic) bond motifs is 1. The number of ether oxygens (including phenoxy) is 1. The van der Waals surface area contributed by atoms with Gasteiger partial charge in [0.1, 0.15) is 0 Å². The van der Waals surface area contributed by atoms with E-state index in [-0.39, 0.29) is 5.75 Å². The zero-order valence-electron chi connectivity index (χ0n) is 14.3. The molecule has 0 N–H and O–H groups in total. The van der Waals surface area contributed by atoms with Gasteiger partial charge in [-0.05, 0) is 60.6 Å². The van der Waals surface area contributed by atoms with Gasteiger partial charge in [-0.2, -0.15) is 4.39 Å². The van der Waals surface area contributed by atoms with E-state index in [1.165, 1.54) is 39.2 Å². The molecule has 0 amide bonds. The molecule has 128 valence electrons. The standard InChI is InChI=1S/C20H28F2O/c1-13-3-5-14(6-4-13)7-8-15-9-10-16-12-18(23-2)20(22)19(21)17(16)11-15/h12-15H,3-11H2,1-2H3. The predicted octanol–water partition coefficient (Wildman–Crippen LogP) is 5.68. The van der Waals surface area contributed by atoms with Crippen LogP contribution in [0.3, 0.4) is 0 Å². The normalized spacial score (nSPS) is 27.6. The second-order valence-electron chi connectivity index (χ2n) is 7.66. The third kappa shape index (κ3) is 3.70. The van der Waals surface area contributed by atoms with E-state index < -0.39 is 11.6 Å². The van der Waals surface area contributed by atoms with Crippen LogP contribution < -0.4 is 4.74 Å². The van der Waals surface area contributed by atoms with Gasteiger partial charge in [0.05, 0.1) is 7.11 Å². The lowest BCUT2D eigenvalue weighted by Gasteiger charge is -2.30. The van der Waals surface area contributed by atoms with Gasteiger partial charge in [-0.15, -0.1) is 0 Å². The van der Waals surface area contributed by atoms with Crippen LogP contribution in [0.2, 0.25) is 0 Å². The first-order valence-electron chi connectivity index (χ1n) is 9.12. The number of hydrogen-bond acceptors (Lipinski definition) is 1. The van der Waals surface area contributed by atoms with Crippen LogP contribution in [0.5, 0.6) is 5.75 Å². The second-order valence-corrected chi connectivity index (χ2v) is 7.66. The molecule has 1 nitrogen and oxygen atoms in total. The molecule has 2 aliphatic rings. The second kappa shape index (κ2) is 7.19. The topological polar surface area (TPSA) is 9.23 Å². The molecule has 0 spiro atoms. The quantitative estimate of drug-likeness (QED) is 0.692. The number of hydrogen-bond donors (Lipinski definition) is 0. The summed E-state index contributed by atoms with van der Waals surface area (Å²) in [6.07, 6.45) is 10.5. The number of halogens is 2. The molecule has 3 heteroatoms. The Labute approximate surface area is 138 Å². The molecule has 0 saturated heterocycles. The van der Waals surface area contributed by atoms with Crippen molar-refractivity contribution < 1.29 is 13.5 Å². The summed E-state index contributed by atoms with van der Waals surface area (Å²) in [6, 6.07) is 1.69. The first-order chi connectivity index (χ1) is 11.1. The van der Waals surface area contributed by atoms with Crippen LogP contribution in [-0.4, -0.2) is 7.11 Å². The molecule has 1 saturated carbocycles. The molecule has 0 aliphatic heterocycles. The van der Waals surface area contributed by atoms with Crippen molar-refractivity contribution in [3.63, 3.8) is 0 Å². The van der Waals surface area contributed by atoms with Crippen molar-refractivity contribution in [3.8, 4) is 5.75 Å². The van der Waals surface area contributed by atoms with Crippen molar-refractivity contribution in [2.45, 2.75) is 64.7 Å². The fourth-order valence-corrected chi connectivity index (χ4v) is 4.37.